The van der Waals surface area contributed by atoms with Crippen LogP contribution < -0.4 is 4.74 Å². The van der Waals surface area contributed by atoms with Gasteiger partial charge < -0.3 is 14.6 Å². The van der Waals surface area contributed by atoms with Gasteiger partial charge in [0.25, 0.3) is 0 Å². The van der Waals surface area contributed by atoms with Crippen molar-refractivity contribution < 1.29 is 24.2 Å². The number of unbranched alkanes of at least 4 members (excludes halogenated alkanes) is 1. The lowest BCUT2D eigenvalue weighted by Crippen LogP contribution is -2.14. The first-order valence-corrected chi connectivity index (χ1v) is 10.2. The van der Waals surface area contributed by atoms with Crippen LogP contribution in [0.15, 0.2) is 60.9 Å². The Bertz CT molecular complexity index is 834. The molecule has 1 atom stereocenters. The lowest BCUT2D eigenvalue weighted by Gasteiger charge is -2.19. The van der Waals surface area contributed by atoms with Gasteiger partial charge in [-0.2, -0.15) is 0 Å². The number of nitrogens with zero attached hydrogens (tertiary/aromatic N) is 1. The van der Waals surface area contributed by atoms with Crippen LogP contribution in [0.25, 0.3) is 0 Å². The fraction of sp³-hybridized carbons (Fsp3) is 0.375. The molecule has 0 aliphatic rings. The first-order chi connectivity index (χ1) is 14.5. The van der Waals surface area contributed by atoms with Crippen LogP contribution in [0, 0.1) is 0 Å². The zero-order chi connectivity index (χ0) is 21.8. The zero-order valence-electron chi connectivity index (χ0n) is 17.4. The number of ketones is 1. The van der Waals surface area contributed by atoms with Crippen LogP contribution in [0.1, 0.15) is 61.1 Å². The van der Waals surface area contributed by atoms with E-state index < -0.39 is 12.1 Å². The van der Waals surface area contributed by atoms with E-state index in [2.05, 4.69) is 18.5 Å². The second kappa shape index (κ2) is 12.5. The average Bonchev–Trinajstić information content (AvgIpc) is 2.79. The van der Waals surface area contributed by atoms with E-state index in [0.717, 1.165) is 18.4 Å². The number of rotatable bonds is 13. The number of aromatic nitrogens is 1. The lowest BCUT2D eigenvalue weighted by atomic mass is 9.98. The van der Waals surface area contributed by atoms with Crippen LogP contribution in [0.2, 0.25) is 0 Å². The molecule has 6 heteroatoms. The number of esters is 1. The fourth-order valence-electron chi connectivity index (χ4n) is 2.91. The summed E-state index contributed by atoms with van der Waals surface area (Å²) in [6.45, 7) is 6.02. The van der Waals surface area contributed by atoms with Crippen LogP contribution in [0.3, 0.4) is 0 Å². The molecule has 0 fully saturated rings. The highest BCUT2D eigenvalue weighted by atomic mass is 16.5. The minimum Gasteiger partial charge on any atom is -0.491 e. The Hall–Kier alpha value is -2.99. The van der Waals surface area contributed by atoms with E-state index in [-0.39, 0.29) is 25.4 Å². The molecule has 0 aliphatic heterocycles. The van der Waals surface area contributed by atoms with Crippen molar-refractivity contribution in [1.29, 1.82) is 0 Å². The van der Waals surface area contributed by atoms with Gasteiger partial charge in [0.15, 0.2) is 5.78 Å². The minimum atomic E-state index is -0.627. The number of Topliss-reactive ketones (excluding diaryl/α,β-unsaturated/α-hetero) is 1. The SMILES string of the molecule is C=C(CCCC)C(=O)CC[C@H](OC(=O)c1cccnc1)c1cccc(OCCO)c1. The van der Waals surface area contributed by atoms with Crippen molar-refractivity contribution in [1.82, 2.24) is 4.98 Å². The highest BCUT2D eigenvalue weighted by molar-refractivity contribution is 5.94. The molecule has 1 aromatic carbocycles. The highest BCUT2D eigenvalue weighted by Gasteiger charge is 2.21. The summed E-state index contributed by atoms with van der Waals surface area (Å²) < 4.78 is 11.2. The predicted octanol–water partition coefficient (Wildman–Crippen LogP) is 4.45. The summed E-state index contributed by atoms with van der Waals surface area (Å²) in [6.07, 6.45) is 5.56. The molecule has 0 amide bonds. The summed E-state index contributed by atoms with van der Waals surface area (Å²) in [5, 5.41) is 8.96. The molecule has 160 valence electrons. The third kappa shape index (κ3) is 7.44. The van der Waals surface area contributed by atoms with Gasteiger partial charge in [0.05, 0.1) is 12.2 Å². The van der Waals surface area contributed by atoms with E-state index >= 15 is 0 Å². The summed E-state index contributed by atoms with van der Waals surface area (Å²) in [5.41, 5.74) is 1.66. The second-order valence-corrected chi connectivity index (χ2v) is 6.95. The van der Waals surface area contributed by atoms with Gasteiger partial charge in [-0.25, -0.2) is 4.79 Å². The van der Waals surface area contributed by atoms with Crippen LogP contribution >= 0.6 is 0 Å². The van der Waals surface area contributed by atoms with Crippen molar-refractivity contribution in [2.75, 3.05) is 13.2 Å². The predicted molar refractivity (Wildman–Crippen MR) is 114 cm³/mol. The minimum absolute atomic E-state index is 0.0152. The normalized spacial score (nSPS) is 11.5. The summed E-state index contributed by atoms with van der Waals surface area (Å²) in [5.74, 6) is 0.0354. The molecule has 6 nitrogen and oxygen atoms in total. The van der Waals surface area contributed by atoms with Gasteiger partial charge in [0.2, 0.25) is 0 Å². The zero-order valence-corrected chi connectivity index (χ0v) is 17.4. The molecular weight excluding hydrogens is 382 g/mol. The first-order valence-electron chi connectivity index (χ1n) is 10.2. The molecule has 0 spiro atoms. The quantitative estimate of drug-likeness (QED) is 0.387. The molecule has 2 aromatic rings. The molecular formula is C24H29NO5. The van der Waals surface area contributed by atoms with Gasteiger partial charge in [-0.15, -0.1) is 0 Å². The van der Waals surface area contributed by atoms with E-state index in [1.54, 1.807) is 36.5 Å². The topological polar surface area (TPSA) is 85.7 Å². The molecule has 0 bridgehead atoms. The van der Waals surface area contributed by atoms with Gasteiger partial charge >= 0.3 is 5.97 Å². The molecule has 0 saturated heterocycles. The van der Waals surface area contributed by atoms with E-state index in [0.29, 0.717) is 29.7 Å². The summed E-state index contributed by atoms with van der Waals surface area (Å²) in [6, 6.07) is 10.4. The Kier molecular flexibility index (Phi) is 9.74. The van der Waals surface area contributed by atoms with Crippen molar-refractivity contribution in [2.24, 2.45) is 0 Å². The smallest absolute Gasteiger partial charge is 0.340 e. The number of carbonyl (C=O) groups excluding carboxylic acids is 2. The summed E-state index contributed by atoms with van der Waals surface area (Å²) in [7, 11) is 0. The summed E-state index contributed by atoms with van der Waals surface area (Å²) >= 11 is 0. The Morgan fingerprint density at radius 3 is 2.73 bits per heavy atom. The number of hydrogen-bond donors (Lipinski definition) is 1. The molecule has 0 saturated carbocycles. The third-order valence-electron chi connectivity index (χ3n) is 4.60. The molecule has 0 aliphatic carbocycles. The maximum Gasteiger partial charge on any atom is 0.340 e. The Balaban J connectivity index is 2.14. The molecule has 30 heavy (non-hydrogen) atoms. The number of aliphatic hydroxyl groups excluding tert-OH is 1. The van der Waals surface area contributed by atoms with E-state index in [4.69, 9.17) is 14.6 Å². The molecule has 2 rings (SSSR count). The van der Waals surface area contributed by atoms with Gasteiger partial charge in [0, 0.05) is 18.8 Å². The number of allylic oxidation sites excluding steroid dienone is 1. The fourth-order valence-corrected chi connectivity index (χ4v) is 2.91. The van der Waals surface area contributed by atoms with Crippen LogP contribution in [-0.2, 0) is 9.53 Å². The van der Waals surface area contributed by atoms with Crippen LogP contribution in [0.5, 0.6) is 5.75 Å². The number of pyridine rings is 1. The van der Waals surface area contributed by atoms with Gasteiger partial charge in [0.1, 0.15) is 18.5 Å². The molecule has 1 aromatic heterocycles. The van der Waals surface area contributed by atoms with E-state index in [1.165, 1.54) is 6.20 Å². The standard InChI is InChI=1S/C24H29NO5/c1-3-4-7-18(2)22(27)11-12-23(30-24(28)20-9-6-13-25-17-20)19-8-5-10-21(16-19)29-15-14-26/h5-6,8-10,13,16-17,23,26H,2-4,7,11-12,14-15H2,1H3/t23-/m0/s1. The van der Waals surface area contributed by atoms with Gasteiger partial charge in [-0.3, -0.25) is 9.78 Å². The molecule has 1 N–H and O–H groups in total. The van der Waals surface area contributed by atoms with Gasteiger partial charge in [-0.05, 0) is 54.7 Å². The van der Waals surface area contributed by atoms with E-state index in [1.807, 2.05) is 6.07 Å². The Morgan fingerprint density at radius 2 is 2.03 bits per heavy atom. The molecule has 0 unspecified atom stereocenters. The lowest BCUT2D eigenvalue weighted by molar-refractivity contribution is -0.116. The Morgan fingerprint density at radius 1 is 1.20 bits per heavy atom. The number of carbonyl (C=O) groups is 2. The van der Waals surface area contributed by atoms with E-state index in [9.17, 15) is 9.59 Å². The number of benzene rings is 1. The molecule has 1 heterocycles. The largest absolute Gasteiger partial charge is 0.491 e. The van der Waals surface area contributed by atoms with Crippen molar-refractivity contribution in [3.8, 4) is 5.75 Å². The average molecular weight is 411 g/mol. The molecule has 0 radical (unpaired) electrons. The number of ether oxygens (including phenoxy) is 2. The summed E-state index contributed by atoms with van der Waals surface area (Å²) in [4.78, 5) is 29.0. The van der Waals surface area contributed by atoms with Crippen molar-refractivity contribution in [3.63, 3.8) is 0 Å². The van der Waals surface area contributed by atoms with Crippen molar-refractivity contribution in [2.45, 2.75) is 45.1 Å². The maximum absolute atomic E-state index is 12.6. The maximum atomic E-state index is 12.6. The highest BCUT2D eigenvalue weighted by Crippen LogP contribution is 2.28. The number of hydrogen-bond acceptors (Lipinski definition) is 6. The van der Waals surface area contributed by atoms with Crippen LogP contribution in [0.4, 0.5) is 0 Å². The number of aliphatic hydroxyl groups is 1. The third-order valence-corrected chi connectivity index (χ3v) is 4.60. The van der Waals surface area contributed by atoms with Gasteiger partial charge in [-0.1, -0.05) is 32.1 Å². The monoisotopic (exact) mass is 411 g/mol. The first kappa shape index (κ1) is 23.3. The van der Waals surface area contributed by atoms with Crippen molar-refractivity contribution >= 4 is 11.8 Å². The van der Waals surface area contributed by atoms with Crippen molar-refractivity contribution in [3.05, 3.63) is 72.1 Å². The second-order valence-electron chi connectivity index (χ2n) is 6.95. The Labute approximate surface area is 177 Å². The van der Waals surface area contributed by atoms with Crippen LogP contribution in [-0.4, -0.2) is 35.1 Å².